The number of thioether (sulfide) groups is 1. The van der Waals surface area contributed by atoms with Crippen molar-refractivity contribution in [1.29, 1.82) is 0 Å². The molecule has 9 heteroatoms. The number of aromatic nitrogens is 3. The summed E-state index contributed by atoms with van der Waals surface area (Å²) < 4.78 is 2.92. The van der Waals surface area contributed by atoms with Crippen molar-refractivity contribution < 1.29 is 0 Å². The van der Waals surface area contributed by atoms with Crippen LogP contribution in [0.5, 0.6) is 0 Å². The molecule has 0 aliphatic heterocycles. The summed E-state index contributed by atoms with van der Waals surface area (Å²) in [5.41, 5.74) is 0. The molecule has 0 spiro atoms. The lowest BCUT2D eigenvalue weighted by atomic mass is 10.3. The van der Waals surface area contributed by atoms with Crippen LogP contribution in [0.4, 0.5) is 0 Å². The molecule has 2 aromatic rings. The first kappa shape index (κ1) is 22.2. The third kappa shape index (κ3) is 7.95. The number of nitrogens with zero attached hydrogens (tertiary/aromatic N) is 4. The molecular formula is C16H24BrIN6S. The molecule has 2 rings (SSSR count). The maximum absolute atomic E-state index is 4.22. The lowest BCUT2D eigenvalue weighted by molar-refractivity contribution is 0.668. The van der Waals surface area contributed by atoms with E-state index in [0.29, 0.717) is 6.54 Å². The molecule has 0 bridgehead atoms. The molecule has 0 amide bonds. The Morgan fingerprint density at radius 2 is 2.08 bits per heavy atom. The number of rotatable bonds is 8. The van der Waals surface area contributed by atoms with E-state index >= 15 is 0 Å². The number of unbranched alkanes of at least 4 members (excludes halogenated alkanes) is 1. The van der Waals surface area contributed by atoms with Crippen LogP contribution in [0.25, 0.3) is 0 Å². The SMILES string of the molecule is CN=C(NCCCCSc1ccccc1Br)NCc1ncnn1C.I. The molecule has 1 aromatic carbocycles. The minimum Gasteiger partial charge on any atom is -0.356 e. The third-order valence-corrected chi connectivity index (χ3v) is 5.51. The van der Waals surface area contributed by atoms with Gasteiger partial charge in [-0.3, -0.25) is 9.67 Å². The number of guanidine groups is 1. The highest BCUT2D eigenvalue weighted by atomic mass is 127. The van der Waals surface area contributed by atoms with Crippen LogP contribution < -0.4 is 10.6 Å². The van der Waals surface area contributed by atoms with Gasteiger partial charge in [-0.15, -0.1) is 35.7 Å². The number of aliphatic imine (C=N–C) groups is 1. The van der Waals surface area contributed by atoms with Crippen LogP contribution in [0.3, 0.4) is 0 Å². The first-order valence-corrected chi connectivity index (χ1v) is 9.63. The molecule has 2 N–H and O–H groups in total. The van der Waals surface area contributed by atoms with Crippen molar-refractivity contribution in [3.05, 3.63) is 40.9 Å². The number of benzene rings is 1. The highest BCUT2D eigenvalue weighted by Crippen LogP contribution is 2.27. The number of halogens is 2. The summed E-state index contributed by atoms with van der Waals surface area (Å²) in [4.78, 5) is 9.70. The maximum Gasteiger partial charge on any atom is 0.191 e. The van der Waals surface area contributed by atoms with E-state index in [9.17, 15) is 0 Å². The molecule has 138 valence electrons. The summed E-state index contributed by atoms with van der Waals surface area (Å²) in [6.07, 6.45) is 3.80. The molecule has 0 unspecified atom stereocenters. The van der Waals surface area contributed by atoms with Crippen LogP contribution in [0.15, 0.2) is 45.0 Å². The van der Waals surface area contributed by atoms with Gasteiger partial charge in [-0.2, -0.15) is 5.10 Å². The van der Waals surface area contributed by atoms with Crippen LogP contribution in [0.2, 0.25) is 0 Å². The van der Waals surface area contributed by atoms with Gasteiger partial charge in [0.1, 0.15) is 12.2 Å². The van der Waals surface area contributed by atoms with Crippen molar-refractivity contribution in [2.75, 3.05) is 19.3 Å². The van der Waals surface area contributed by atoms with Gasteiger partial charge in [0.15, 0.2) is 5.96 Å². The van der Waals surface area contributed by atoms with Crippen molar-refractivity contribution in [1.82, 2.24) is 25.4 Å². The third-order valence-electron chi connectivity index (χ3n) is 3.40. The average Bonchev–Trinajstić information content (AvgIpc) is 3.00. The molecular weight excluding hydrogens is 515 g/mol. The summed E-state index contributed by atoms with van der Waals surface area (Å²) in [6, 6.07) is 8.33. The summed E-state index contributed by atoms with van der Waals surface area (Å²) in [6.45, 7) is 1.50. The van der Waals surface area contributed by atoms with Crippen LogP contribution in [-0.2, 0) is 13.6 Å². The Bertz CT molecular complexity index is 664. The van der Waals surface area contributed by atoms with Crippen molar-refractivity contribution in [2.45, 2.75) is 24.3 Å². The molecule has 0 saturated carbocycles. The Kier molecular flexibility index (Phi) is 11.1. The molecule has 0 aliphatic carbocycles. The molecule has 0 saturated heterocycles. The zero-order valence-electron chi connectivity index (χ0n) is 14.4. The molecule has 0 aliphatic rings. The van der Waals surface area contributed by atoms with Gasteiger partial charge in [-0.05, 0) is 46.7 Å². The second-order valence-corrected chi connectivity index (χ2v) is 7.13. The van der Waals surface area contributed by atoms with Gasteiger partial charge < -0.3 is 10.6 Å². The predicted molar refractivity (Wildman–Crippen MR) is 119 cm³/mol. The Balaban J connectivity index is 0.00000312. The quantitative estimate of drug-likeness (QED) is 0.177. The van der Waals surface area contributed by atoms with Gasteiger partial charge in [0.05, 0.1) is 6.54 Å². The summed E-state index contributed by atoms with van der Waals surface area (Å²) in [5, 5.41) is 10.6. The second kappa shape index (κ2) is 12.5. The summed E-state index contributed by atoms with van der Waals surface area (Å²) in [5.74, 6) is 2.77. The van der Waals surface area contributed by atoms with E-state index in [0.717, 1.165) is 36.9 Å². The van der Waals surface area contributed by atoms with Gasteiger partial charge in [0.25, 0.3) is 0 Å². The highest BCUT2D eigenvalue weighted by molar-refractivity contribution is 14.0. The summed E-state index contributed by atoms with van der Waals surface area (Å²) in [7, 11) is 3.65. The van der Waals surface area contributed by atoms with Crippen molar-refractivity contribution >= 4 is 57.6 Å². The Labute approximate surface area is 178 Å². The predicted octanol–water partition coefficient (Wildman–Crippen LogP) is 3.43. The number of hydrogen-bond acceptors (Lipinski definition) is 4. The molecule has 25 heavy (non-hydrogen) atoms. The normalized spacial score (nSPS) is 11.1. The van der Waals surface area contributed by atoms with Gasteiger partial charge in [-0.25, -0.2) is 4.98 Å². The van der Waals surface area contributed by atoms with E-state index in [4.69, 9.17) is 0 Å². The molecule has 1 heterocycles. The molecule has 0 atom stereocenters. The minimum absolute atomic E-state index is 0. The molecule has 0 radical (unpaired) electrons. The topological polar surface area (TPSA) is 67.1 Å². The van der Waals surface area contributed by atoms with Crippen molar-refractivity contribution in [2.24, 2.45) is 12.0 Å². The van der Waals surface area contributed by atoms with Gasteiger partial charge in [-0.1, -0.05) is 12.1 Å². The average molecular weight is 539 g/mol. The first-order valence-electron chi connectivity index (χ1n) is 7.85. The van der Waals surface area contributed by atoms with Gasteiger partial charge in [0, 0.05) is 30.0 Å². The van der Waals surface area contributed by atoms with Crippen molar-refractivity contribution in [3.8, 4) is 0 Å². The maximum atomic E-state index is 4.22. The second-order valence-electron chi connectivity index (χ2n) is 5.14. The van der Waals surface area contributed by atoms with E-state index in [1.165, 1.54) is 9.37 Å². The van der Waals surface area contributed by atoms with Gasteiger partial charge >= 0.3 is 0 Å². The van der Waals surface area contributed by atoms with Crippen LogP contribution in [0, 0.1) is 0 Å². The van der Waals surface area contributed by atoms with E-state index in [1.54, 1.807) is 18.1 Å². The lowest BCUT2D eigenvalue weighted by Gasteiger charge is -2.11. The van der Waals surface area contributed by atoms with E-state index < -0.39 is 0 Å². The fourth-order valence-corrected chi connectivity index (χ4v) is 3.62. The standard InChI is InChI=1S/C16H23BrN6S.HI/c1-18-16(20-11-15-21-12-22-23(15)2)19-9-5-6-10-24-14-8-4-3-7-13(14)17;/h3-4,7-8,12H,5-6,9-11H2,1-2H3,(H2,18,19,20);1H. The monoisotopic (exact) mass is 538 g/mol. The van der Waals surface area contributed by atoms with Crippen LogP contribution in [-0.4, -0.2) is 40.1 Å². The first-order chi connectivity index (χ1) is 11.7. The van der Waals surface area contributed by atoms with E-state index in [-0.39, 0.29) is 24.0 Å². The fraction of sp³-hybridized carbons (Fsp3) is 0.438. The zero-order valence-corrected chi connectivity index (χ0v) is 19.1. The van der Waals surface area contributed by atoms with Gasteiger partial charge in [0.2, 0.25) is 0 Å². The lowest BCUT2D eigenvalue weighted by Crippen LogP contribution is -2.37. The largest absolute Gasteiger partial charge is 0.356 e. The minimum atomic E-state index is 0. The number of nitrogens with one attached hydrogen (secondary N) is 2. The number of aryl methyl sites for hydroxylation is 1. The molecule has 1 aromatic heterocycles. The molecule has 6 nitrogen and oxygen atoms in total. The zero-order chi connectivity index (χ0) is 17.2. The molecule has 0 fully saturated rings. The van der Waals surface area contributed by atoms with E-state index in [2.05, 4.69) is 59.8 Å². The summed E-state index contributed by atoms with van der Waals surface area (Å²) >= 11 is 5.46. The van der Waals surface area contributed by atoms with Crippen LogP contribution >= 0.6 is 51.7 Å². The van der Waals surface area contributed by atoms with E-state index in [1.807, 2.05) is 24.9 Å². The Morgan fingerprint density at radius 1 is 1.28 bits per heavy atom. The van der Waals surface area contributed by atoms with Crippen molar-refractivity contribution in [3.63, 3.8) is 0 Å². The highest BCUT2D eigenvalue weighted by Gasteiger charge is 2.03. The Morgan fingerprint density at radius 3 is 2.76 bits per heavy atom. The smallest absolute Gasteiger partial charge is 0.191 e. The van der Waals surface area contributed by atoms with Crippen LogP contribution in [0.1, 0.15) is 18.7 Å². The Hall–Kier alpha value is -0.810. The fourth-order valence-electron chi connectivity index (χ4n) is 2.04. The number of hydrogen-bond donors (Lipinski definition) is 2.